The van der Waals surface area contributed by atoms with Gasteiger partial charge in [-0.3, -0.25) is 4.79 Å². The maximum atomic E-state index is 12.6. The molecule has 6 heteroatoms. The van der Waals surface area contributed by atoms with E-state index in [9.17, 15) is 20.1 Å². The van der Waals surface area contributed by atoms with E-state index in [1.54, 1.807) is 4.90 Å². The summed E-state index contributed by atoms with van der Waals surface area (Å²) < 4.78 is 6.33. The van der Waals surface area contributed by atoms with Crippen molar-refractivity contribution in [3.8, 4) is 11.5 Å². The van der Waals surface area contributed by atoms with Crippen LogP contribution in [0.5, 0.6) is 11.5 Å². The summed E-state index contributed by atoms with van der Waals surface area (Å²) in [5, 5.41) is 30.6. The van der Waals surface area contributed by atoms with Crippen molar-refractivity contribution in [2.75, 3.05) is 13.2 Å². The number of benzene rings is 1. The van der Waals surface area contributed by atoms with Crippen LogP contribution in [0.25, 0.3) is 0 Å². The monoisotopic (exact) mass is 429 g/mol. The molecule has 31 heavy (non-hydrogen) atoms. The average Bonchev–Trinajstić information content (AvgIpc) is 3.00. The Hall–Kier alpha value is -2.31. The van der Waals surface area contributed by atoms with E-state index in [2.05, 4.69) is 32.9 Å². The number of aromatic hydroxyl groups is 1. The van der Waals surface area contributed by atoms with Gasteiger partial charge in [-0.05, 0) is 59.4 Å². The van der Waals surface area contributed by atoms with Gasteiger partial charge in [-0.2, -0.15) is 0 Å². The van der Waals surface area contributed by atoms with Gasteiger partial charge in [0.05, 0.1) is 24.8 Å². The van der Waals surface area contributed by atoms with Crippen LogP contribution in [0.1, 0.15) is 74.9 Å². The van der Waals surface area contributed by atoms with Crippen molar-refractivity contribution in [2.24, 2.45) is 0 Å². The highest BCUT2D eigenvalue weighted by molar-refractivity contribution is 6.00. The minimum Gasteiger partial charge on any atom is -0.508 e. The van der Waals surface area contributed by atoms with Gasteiger partial charge in [-0.1, -0.05) is 23.3 Å². The first-order valence-corrected chi connectivity index (χ1v) is 11.1. The van der Waals surface area contributed by atoms with Crippen molar-refractivity contribution in [3.05, 3.63) is 46.1 Å². The summed E-state index contributed by atoms with van der Waals surface area (Å²) in [7, 11) is 0. The van der Waals surface area contributed by atoms with E-state index in [0.717, 1.165) is 24.8 Å². The minimum absolute atomic E-state index is 0.0240. The van der Waals surface area contributed by atoms with Crippen molar-refractivity contribution in [1.82, 2.24) is 4.90 Å². The summed E-state index contributed by atoms with van der Waals surface area (Å²) in [5.74, 6) is 0.276. The molecule has 0 unspecified atom stereocenters. The Morgan fingerprint density at radius 3 is 2.68 bits per heavy atom. The molecule has 2 atom stereocenters. The number of phenolic OH excluding ortho intramolecular Hbond substituents is 1. The van der Waals surface area contributed by atoms with Gasteiger partial charge in [0, 0.05) is 24.1 Å². The first kappa shape index (κ1) is 23.4. The lowest BCUT2D eigenvalue weighted by atomic mass is 9.84. The van der Waals surface area contributed by atoms with Crippen molar-refractivity contribution in [2.45, 2.75) is 78.0 Å². The Labute approximate surface area is 184 Å². The lowest BCUT2D eigenvalue weighted by Gasteiger charge is -2.40. The van der Waals surface area contributed by atoms with Gasteiger partial charge < -0.3 is 25.0 Å². The van der Waals surface area contributed by atoms with Gasteiger partial charge in [-0.15, -0.1) is 0 Å². The maximum absolute atomic E-state index is 12.6. The fraction of sp³-hybridized carbons (Fsp3) is 0.560. The third-order valence-corrected chi connectivity index (χ3v) is 6.36. The van der Waals surface area contributed by atoms with E-state index >= 15 is 0 Å². The fourth-order valence-electron chi connectivity index (χ4n) is 4.36. The quantitative estimate of drug-likeness (QED) is 0.546. The second-order valence-corrected chi connectivity index (χ2v) is 9.22. The Morgan fingerprint density at radius 2 is 2.00 bits per heavy atom. The summed E-state index contributed by atoms with van der Waals surface area (Å²) in [5.41, 5.74) is 3.53. The number of amides is 1. The Kier molecular flexibility index (Phi) is 7.12. The van der Waals surface area contributed by atoms with Gasteiger partial charge in [-0.25, -0.2) is 0 Å². The van der Waals surface area contributed by atoms with Crippen LogP contribution < -0.4 is 4.74 Å². The number of carbonyl (C=O) groups is 1. The molecule has 1 aromatic rings. The lowest BCUT2D eigenvalue weighted by Crippen LogP contribution is -2.49. The number of aliphatic hydroxyl groups is 2. The molecule has 2 heterocycles. The number of β-amino-alcohol motifs (C(OH)–C–C–N with tert-alkyl or cyclic N) is 1. The third kappa shape index (κ3) is 4.96. The number of nitrogens with zero attached hydrogens (tertiary/aromatic N) is 1. The summed E-state index contributed by atoms with van der Waals surface area (Å²) in [6.07, 6.45) is 7.41. The number of phenols is 1. The van der Waals surface area contributed by atoms with Gasteiger partial charge in [0.2, 0.25) is 0 Å². The highest BCUT2D eigenvalue weighted by atomic mass is 16.5. The van der Waals surface area contributed by atoms with Crippen molar-refractivity contribution in [1.29, 1.82) is 0 Å². The number of ether oxygens (including phenoxy) is 1. The van der Waals surface area contributed by atoms with Crippen LogP contribution in [0.3, 0.4) is 0 Å². The number of allylic oxidation sites excluding steroid dienone is 4. The third-order valence-electron chi connectivity index (χ3n) is 6.36. The van der Waals surface area contributed by atoms with Crippen LogP contribution in [-0.4, -0.2) is 51.0 Å². The first-order chi connectivity index (χ1) is 14.7. The molecule has 0 aromatic heterocycles. The predicted molar refractivity (Wildman–Crippen MR) is 120 cm³/mol. The zero-order chi connectivity index (χ0) is 22.8. The van der Waals surface area contributed by atoms with Gasteiger partial charge in [0.15, 0.2) is 0 Å². The zero-order valence-corrected chi connectivity index (χ0v) is 19.1. The Balaban J connectivity index is 1.77. The zero-order valence-electron chi connectivity index (χ0n) is 19.1. The van der Waals surface area contributed by atoms with E-state index in [1.165, 1.54) is 17.2 Å². The molecule has 0 fully saturated rings. The topological polar surface area (TPSA) is 90.2 Å². The largest absolute Gasteiger partial charge is 0.508 e. The molecule has 0 aliphatic carbocycles. The molecule has 0 saturated carbocycles. The molecule has 0 saturated heterocycles. The highest BCUT2D eigenvalue weighted by Gasteiger charge is 2.44. The van der Waals surface area contributed by atoms with E-state index < -0.39 is 11.7 Å². The molecular formula is C25H35NO5. The minimum atomic E-state index is -0.807. The van der Waals surface area contributed by atoms with Crippen molar-refractivity contribution < 1.29 is 24.9 Å². The number of carbonyl (C=O) groups excluding carboxylic acids is 1. The molecule has 170 valence electrons. The Bertz CT molecular complexity index is 900. The molecule has 1 aromatic carbocycles. The van der Waals surface area contributed by atoms with Crippen molar-refractivity contribution in [3.63, 3.8) is 0 Å². The van der Waals surface area contributed by atoms with Crippen LogP contribution in [0.2, 0.25) is 0 Å². The highest BCUT2D eigenvalue weighted by Crippen LogP contribution is 2.46. The van der Waals surface area contributed by atoms with Crippen LogP contribution in [0.4, 0.5) is 0 Å². The SMILES string of the molecule is CC(C)=CCCC(C)=CCC[C@@]1(C)Oc2c(c(O)cc3c2CN(CCO)C3=O)C[C@H]1O. The molecule has 0 bridgehead atoms. The smallest absolute Gasteiger partial charge is 0.254 e. The van der Waals surface area contributed by atoms with Crippen LogP contribution in [-0.2, 0) is 13.0 Å². The van der Waals surface area contributed by atoms with Gasteiger partial charge >= 0.3 is 0 Å². The molecule has 3 rings (SSSR count). The molecule has 2 aliphatic heterocycles. The lowest BCUT2D eigenvalue weighted by molar-refractivity contribution is -0.0599. The molecule has 6 nitrogen and oxygen atoms in total. The molecule has 2 aliphatic rings. The van der Waals surface area contributed by atoms with Crippen molar-refractivity contribution >= 4 is 5.91 Å². The molecule has 3 N–H and O–H groups in total. The standard InChI is InChI=1S/C25H35NO5/c1-16(2)7-5-8-17(3)9-6-10-25(4)22(29)14-19-21(28)13-18-20(23(19)31-25)15-26(11-12-27)24(18)30/h7,9,13,22,27-29H,5-6,8,10-12,14-15H2,1-4H3/t22-,25-/m1/s1. The second kappa shape index (κ2) is 9.45. The number of hydrogen-bond acceptors (Lipinski definition) is 5. The van der Waals surface area contributed by atoms with E-state index in [0.29, 0.717) is 29.8 Å². The normalized spacial score (nSPS) is 22.8. The molecule has 0 spiro atoms. The molecule has 0 radical (unpaired) electrons. The summed E-state index contributed by atoms with van der Waals surface area (Å²) in [6, 6.07) is 1.46. The van der Waals surface area contributed by atoms with Crippen LogP contribution in [0, 0.1) is 0 Å². The summed E-state index contributed by atoms with van der Waals surface area (Å²) in [6.45, 7) is 8.68. The van der Waals surface area contributed by atoms with E-state index in [-0.39, 0.29) is 31.2 Å². The van der Waals surface area contributed by atoms with Gasteiger partial charge in [0.1, 0.15) is 17.1 Å². The Morgan fingerprint density at radius 1 is 1.26 bits per heavy atom. The average molecular weight is 430 g/mol. The molecular weight excluding hydrogens is 394 g/mol. The maximum Gasteiger partial charge on any atom is 0.254 e. The summed E-state index contributed by atoms with van der Waals surface area (Å²) in [4.78, 5) is 14.2. The first-order valence-electron chi connectivity index (χ1n) is 11.1. The van der Waals surface area contributed by atoms with Crippen LogP contribution >= 0.6 is 0 Å². The summed E-state index contributed by atoms with van der Waals surface area (Å²) >= 11 is 0. The number of rotatable bonds is 8. The van der Waals surface area contributed by atoms with Crippen LogP contribution in [0.15, 0.2) is 29.4 Å². The number of fused-ring (bicyclic) bond motifs is 3. The number of aliphatic hydroxyl groups excluding tert-OH is 2. The number of hydrogen-bond donors (Lipinski definition) is 3. The van der Waals surface area contributed by atoms with E-state index in [1.807, 2.05) is 6.92 Å². The molecule has 1 amide bonds. The van der Waals surface area contributed by atoms with E-state index in [4.69, 9.17) is 4.74 Å². The fourth-order valence-corrected chi connectivity index (χ4v) is 4.36. The second-order valence-electron chi connectivity index (χ2n) is 9.22. The predicted octanol–water partition coefficient (Wildman–Crippen LogP) is 3.87. The van der Waals surface area contributed by atoms with Gasteiger partial charge in [0.25, 0.3) is 5.91 Å².